The van der Waals surface area contributed by atoms with Crippen LogP contribution in [0.3, 0.4) is 0 Å². The Morgan fingerprint density at radius 1 is 1.29 bits per heavy atom. The van der Waals surface area contributed by atoms with Crippen molar-refractivity contribution in [2.24, 2.45) is 0 Å². The molecule has 0 saturated heterocycles. The third-order valence-corrected chi connectivity index (χ3v) is 3.06. The van der Waals surface area contributed by atoms with E-state index in [9.17, 15) is 18.0 Å². The molecule has 2 rings (SSSR count). The maximum absolute atomic E-state index is 12.6. The van der Waals surface area contributed by atoms with Gasteiger partial charge < -0.3 is 0 Å². The number of ketones is 1. The van der Waals surface area contributed by atoms with Crippen molar-refractivity contribution < 1.29 is 18.0 Å². The van der Waals surface area contributed by atoms with Crippen molar-refractivity contribution in [3.63, 3.8) is 0 Å². The van der Waals surface area contributed by atoms with E-state index in [-0.39, 0.29) is 12.2 Å². The number of carbonyl (C=O) groups excluding carboxylic acids is 1. The van der Waals surface area contributed by atoms with E-state index in [4.69, 9.17) is 0 Å². The minimum absolute atomic E-state index is 0.0701. The summed E-state index contributed by atoms with van der Waals surface area (Å²) in [4.78, 5) is 12.2. The van der Waals surface area contributed by atoms with Gasteiger partial charge in [-0.2, -0.15) is 18.3 Å². The first-order valence-corrected chi connectivity index (χ1v) is 6.63. The lowest BCUT2D eigenvalue weighted by atomic mass is 10.0. The van der Waals surface area contributed by atoms with Crippen molar-refractivity contribution in [2.75, 3.05) is 0 Å². The van der Waals surface area contributed by atoms with Gasteiger partial charge in [-0.15, -0.1) is 0 Å². The quantitative estimate of drug-likeness (QED) is 0.788. The lowest BCUT2D eigenvalue weighted by molar-refractivity contribution is -0.137. The molecule has 0 aliphatic rings. The number of benzene rings is 1. The molecular formula is C15H15F3N2O. The Morgan fingerprint density at radius 2 is 2.05 bits per heavy atom. The highest BCUT2D eigenvalue weighted by Crippen LogP contribution is 2.29. The third kappa shape index (κ3) is 3.71. The van der Waals surface area contributed by atoms with E-state index in [1.807, 2.05) is 6.92 Å². The number of aryl methyl sites for hydroxylation is 1. The molecule has 2 aromatic rings. The van der Waals surface area contributed by atoms with E-state index < -0.39 is 11.7 Å². The summed E-state index contributed by atoms with van der Waals surface area (Å²) < 4.78 is 39.5. The molecule has 3 nitrogen and oxygen atoms in total. The van der Waals surface area contributed by atoms with E-state index in [0.29, 0.717) is 17.8 Å². The molecule has 0 radical (unpaired) electrons. The zero-order chi connectivity index (χ0) is 15.5. The first-order valence-electron chi connectivity index (χ1n) is 6.63. The molecule has 1 heterocycles. The van der Waals surface area contributed by atoms with Crippen molar-refractivity contribution in [3.8, 4) is 0 Å². The summed E-state index contributed by atoms with van der Waals surface area (Å²) >= 11 is 0. The van der Waals surface area contributed by atoms with Crippen LogP contribution in [0.5, 0.6) is 0 Å². The highest BCUT2D eigenvalue weighted by atomic mass is 19.4. The normalized spacial score (nSPS) is 11.6. The van der Waals surface area contributed by atoms with Gasteiger partial charge in [0.15, 0.2) is 5.78 Å². The number of aromatic nitrogens is 2. The fourth-order valence-electron chi connectivity index (χ4n) is 2.09. The number of halogens is 3. The highest BCUT2D eigenvalue weighted by Gasteiger charge is 2.30. The minimum atomic E-state index is -4.40. The summed E-state index contributed by atoms with van der Waals surface area (Å²) in [6, 6.07) is 6.43. The van der Waals surface area contributed by atoms with Crippen LogP contribution in [-0.2, 0) is 19.1 Å². The van der Waals surface area contributed by atoms with Gasteiger partial charge in [-0.05, 0) is 24.1 Å². The number of hydrogen-bond donors (Lipinski definition) is 0. The zero-order valence-electron chi connectivity index (χ0n) is 11.5. The van der Waals surface area contributed by atoms with Crippen molar-refractivity contribution in [3.05, 3.63) is 53.3 Å². The van der Waals surface area contributed by atoms with E-state index in [1.54, 1.807) is 10.7 Å². The fourth-order valence-corrected chi connectivity index (χ4v) is 2.09. The molecular weight excluding hydrogens is 281 g/mol. The second-order valence-electron chi connectivity index (χ2n) is 4.74. The van der Waals surface area contributed by atoms with E-state index in [0.717, 1.165) is 18.6 Å². The van der Waals surface area contributed by atoms with Crippen LogP contribution >= 0.6 is 0 Å². The van der Waals surface area contributed by atoms with E-state index in [1.165, 1.54) is 18.3 Å². The second kappa shape index (κ2) is 6.11. The molecule has 0 unspecified atom stereocenters. The topological polar surface area (TPSA) is 34.9 Å². The second-order valence-corrected chi connectivity index (χ2v) is 4.74. The first kappa shape index (κ1) is 15.3. The van der Waals surface area contributed by atoms with Crippen LogP contribution in [0.25, 0.3) is 0 Å². The van der Waals surface area contributed by atoms with E-state index in [2.05, 4.69) is 5.10 Å². The summed E-state index contributed by atoms with van der Waals surface area (Å²) in [6.07, 6.45) is -2.12. The predicted octanol–water partition coefficient (Wildman–Crippen LogP) is 3.74. The summed E-state index contributed by atoms with van der Waals surface area (Å²) in [5, 5.41) is 4.04. The Balaban J connectivity index is 2.18. The Bertz CT molecular complexity index is 632. The third-order valence-electron chi connectivity index (χ3n) is 3.06. The van der Waals surface area contributed by atoms with E-state index >= 15 is 0 Å². The number of Topliss-reactive ketones (excluding diaryl/α,β-unsaturated/α-hetero) is 1. The molecule has 21 heavy (non-hydrogen) atoms. The number of carbonyl (C=O) groups is 1. The van der Waals surface area contributed by atoms with Gasteiger partial charge in [-0.1, -0.05) is 25.1 Å². The van der Waals surface area contributed by atoms with Gasteiger partial charge in [0.1, 0.15) is 5.69 Å². The van der Waals surface area contributed by atoms with Gasteiger partial charge in [0.05, 0.1) is 5.56 Å². The Labute approximate surface area is 120 Å². The van der Waals surface area contributed by atoms with Gasteiger partial charge >= 0.3 is 6.18 Å². The van der Waals surface area contributed by atoms with Crippen LogP contribution in [0, 0.1) is 0 Å². The smallest absolute Gasteiger partial charge is 0.292 e. The summed E-state index contributed by atoms with van der Waals surface area (Å²) in [6.45, 7) is 2.57. The van der Waals surface area contributed by atoms with Gasteiger partial charge in [-0.3, -0.25) is 9.48 Å². The molecule has 0 aliphatic carbocycles. The molecule has 0 spiro atoms. The lowest BCUT2D eigenvalue weighted by Gasteiger charge is -2.09. The Hall–Kier alpha value is -2.11. The van der Waals surface area contributed by atoms with Crippen molar-refractivity contribution in [1.82, 2.24) is 9.78 Å². The summed E-state index contributed by atoms with van der Waals surface area (Å²) in [7, 11) is 0. The molecule has 112 valence electrons. The van der Waals surface area contributed by atoms with Gasteiger partial charge in [0, 0.05) is 19.2 Å². The van der Waals surface area contributed by atoms with Crippen LogP contribution in [0.1, 0.15) is 35.0 Å². The van der Waals surface area contributed by atoms with Crippen molar-refractivity contribution >= 4 is 5.78 Å². The number of alkyl halides is 3. The molecule has 0 amide bonds. The first-order chi connectivity index (χ1) is 9.91. The monoisotopic (exact) mass is 296 g/mol. The lowest BCUT2D eigenvalue weighted by Crippen LogP contribution is -2.13. The maximum Gasteiger partial charge on any atom is 0.416 e. The van der Waals surface area contributed by atoms with Crippen molar-refractivity contribution in [2.45, 2.75) is 32.5 Å². The van der Waals surface area contributed by atoms with Crippen molar-refractivity contribution in [1.29, 1.82) is 0 Å². The molecule has 0 atom stereocenters. The fraction of sp³-hybridized carbons (Fsp3) is 0.333. The molecule has 0 saturated carbocycles. The average molecular weight is 296 g/mol. The van der Waals surface area contributed by atoms with Crippen LogP contribution in [0.2, 0.25) is 0 Å². The zero-order valence-corrected chi connectivity index (χ0v) is 11.5. The number of rotatable bonds is 5. The van der Waals surface area contributed by atoms with Crippen LogP contribution in [0.4, 0.5) is 13.2 Å². The minimum Gasteiger partial charge on any atom is -0.292 e. The Kier molecular flexibility index (Phi) is 4.45. The van der Waals surface area contributed by atoms with Gasteiger partial charge in [0.2, 0.25) is 0 Å². The van der Waals surface area contributed by atoms with Gasteiger partial charge in [-0.25, -0.2) is 0 Å². The van der Waals surface area contributed by atoms with Crippen LogP contribution < -0.4 is 0 Å². The molecule has 1 aromatic carbocycles. The predicted molar refractivity (Wildman–Crippen MR) is 72.0 cm³/mol. The molecule has 1 aromatic heterocycles. The Morgan fingerprint density at radius 3 is 2.71 bits per heavy atom. The largest absolute Gasteiger partial charge is 0.416 e. The summed E-state index contributed by atoms with van der Waals surface area (Å²) in [5.74, 6) is -0.236. The van der Waals surface area contributed by atoms with Crippen LogP contribution in [0.15, 0.2) is 36.5 Å². The molecule has 0 bridgehead atoms. The summed E-state index contributed by atoms with van der Waals surface area (Å²) in [5.41, 5.74) is 0.0307. The van der Waals surface area contributed by atoms with Gasteiger partial charge in [0.25, 0.3) is 0 Å². The standard InChI is InChI=1S/C15H15F3N2O/c1-2-8-20-13(6-7-19-20)14(21)10-11-4-3-5-12(9-11)15(16,17)18/h3-7,9H,2,8,10H2,1H3. The SMILES string of the molecule is CCCn1nccc1C(=O)Cc1cccc(C(F)(F)F)c1. The molecule has 0 aliphatic heterocycles. The highest BCUT2D eigenvalue weighted by molar-refractivity contribution is 5.95. The van der Waals surface area contributed by atoms with Crippen LogP contribution in [-0.4, -0.2) is 15.6 Å². The molecule has 0 N–H and O–H groups in total. The number of hydrogen-bond acceptors (Lipinski definition) is 2. The maximum atomic E-state index is 12.6. The number of nitrogens with zero attached hydrogens (tertiary/aromatic N) is 2. The molecule has 0 fully saturated rings. The molecule has 6 heteroatoms. The average Bonchev–Trinajstić information content (AvgIpc) is 2.87.